The fourth-order valence-electron chi connectivity index (χ4n) is 0. The molecule has 0 atom stereocenters. The summed E-state index contributed by atoms with van der Waals surface area (Å²) in [6.45, 7) is 0. The summed E-state index contributed by atoms with van der Waals surface area (Å²) < 4.78 is -2.25. The molecule has 0 unspecified atom stereocenters. The largest absolute Gasteiger partial charge is 0.400 e. The number of hydrogen-bond acceptors (Lipinski definition) is 3. The number of aliphatic hydroxyl groups excluding tert-OH is 3. The van der Waals surface area contributed by atoms with Crippen molar-refractivity contribution in [1.29, 1.82) is 0 Å². The second-order valence-corrected chi connectivity index (χ2v) is 6.68. The minimum Gasteiger partial charge on any atom is -0.400 e. The van der Waals surface area contributed by atoms with Gasteiger partial charge in [0.25, 0.3) is 0 Å². The predicted molar refractivity (Wildman–Crippen MR) is 88.5 cm³/mol. The number of rotatable bonds is 0. The second kappa shape index (κ2) is 50.5. The Bertz CT molecular complexity index is 54.8. The molecule has 3 N–H and O–H groups in total. The average molecular weight is 454 g/mol. The minimum absolute atomic E-state index is 0.750. The number of hydrogen-bond donors (Lipinski definition) is 3. The Kier molecular flexibility index (Phi) is 104. The maximum absolute atomic E-state index is 7.00. The molecular formula is C6H15Cl9O3. The van der Waals surface area contributed by atoms with Gasteiger partial charge in [0, 0.05) is 21.3 Å². The average Bonchev–Trinajstić information content (AvgIpc) is 2.23. The molecule has 0 radical (unpaired) electrons. The fourth-order valence-corrected chi connectivity index (χ4v) is 0. The van der Waals surface area contributed by atoms with E-state index in [9.17, 15) is 0 Å². The first kappa shape index (κ1) is 37.1. The molecule has 0 aliphatic rings. The fraction of sp³-hybridized carbons (Fsp3) is 1.00. The molecule has 0 saturated carbocycles. The summed E-state index contributed by atoms with van der Waals surface area (Å²) in [6.07, 6.45) is 0. The smallest absolute Gasteiger partial charge is 0.180 e. The van der Waals surface area contributed by atoms with Gasteiger partial charge in [-0.25, -0.2) is 0 Å². The molecule has 0 heterocycles. The van der Waals surface area contributed by atoms with Gasteiger partial charge < -0.3 is 15.3 Å². The van der Waals surface area contributed by atoms with Crippen LogP contribution in [0.3, 0.4) is 0 Å². The molecule has 0 aliphatic carbocycles. The molecule has 0 saturated heterocycles. The summed E-state index contributed by atoms with van der Waals surface area (Å²) in [4.78, 5) is 0. The van der Waals surface area contributed by atoms with Gasteiger partial charge in [0.1, 0.15) is 0 Å². The highest BCUT2D eigenvalue weighted by Gasteiger charge is 1.79. The van der Waals surface area contributed by atoms with E-state index in [1.165, 1.54) is 0 Å². The molecule has 0 aromatic carbocycles. The van der Waals surface area contributed by atoms with Crippen molar-refractivity contribution in [1.82, 2.24) is 0 Å². The van der Waals surface area contributed by atoms with Crippen LogP contribution < -0.4 is 0 Å². The van der Waals surface area contributed by atoms with E-state index in [1.807, 2.05) is 0 Å². The first-order chi connectivity index (χ1) is 8.20. The Morgan fingerprint density at radius 1 is 0.389 bits per heavy atom. The Morgan fingerprint density at radius 2 is 0.389 bits per heavy atom. The summed E-state index contributed by atoms with van der Waals surface area (Å²) in [5.74, 6) is 0. The monoisotopic (exact) mass is 450 g/mol. The van der Waals surface area contributed by atoms with Crippen molar-refractivity contribution in [3.05, 3.63) is 0 Å². The highest BCUT2D eigenvalue weighted by Crippen LogP contribution is 2.04. The zero-order chi connectivity index (χ0) is 16.7. The van der Waals surface area contributed by atoms with Gasteiger partial charge in [-0.1, -0.05) is 104 Å². The van der Waals surface area contributed by atoms with Crippen molar-refractivity contribution >= 4 is 104 Å². The Morgan fingerprint density at radius 3 is 0.389 bits per heavy atom. The van der Waals surface area contributed by atoms with E-state index in [4.69, 9.17) is 120 Å². The van der Waals surface area contributed by atoms with Crippen LogP contribution in [0.15, 0.2) is 0 Å². The summed E-state index contributed by atoms with van der Waals surface area (Å²) in [5.41, 5.74) is 0. The molecule has 0 fully saturated rings. The van der Waals surface area contributed by atoms with Crippen molar-refractivity contribution in [3.8, 4) is 0 Å². The van der Waals surface area contributed by atoms with Crippen LogP contribution in [0.25, 0.3) is 0 Å². The normalized spacial score (nSPS) is 7.00. The number of aliphatic hydroxyl groups is 3. The van der Waals surface area contributed by atoms with Crippen molar-refractivity contribution in [2.24, 2.45) is 0 Å². The lowest BCUT2D eigenvalue weighted by Crippen LogP contribution is -1.55. The van der Waals surface area contributed by atoms with Gasteiger partial charge in [-0.2, -0.15) is 0 Å². The quantitative estimate of drug-likeness (QED) is 0.462. The molecule has 0 spiro atoms. The Labute approximate surface area is 153 Å². The molecule has 0 bridgehead atoms. The van der Waals surface area contributed by atoms with Crippen LogP contribution in [0.4, 0.5) is 0 Å². The number of halogens is 9. The zero-order valence-corrected chi connectivity index (χ0v) is 16.3. The first-order valence-corrected chi connectivity index (χ1v) is 7.23. The third-order valence-corrected chi connectivity index (χ3v) is 0. The van der Waals surface area contributed by atoms with Gasteiger partial charge in [-0.05, 0) is 0 Å². The van der Waals surface area contributed by atoms with E-state index in [2.05, 4.69) is 0 Å². The highest BCUT2D eigenvalue weighted by atomic mass is 35.6. The van der Waals surface area contributed by atoms with Crippen LogP contribution in [0, 0.1) is 0 Å². The van der Waals surface area contributed by atoms with Crippen molar-refractivity contribution < 1.29 is 15.3 Å². The molecule has 0 rings (SSSR count). The third kappa shape index (κ3) is 912. The van der Waals surface area contributed by atoms with Crippen molar-refractivity contribution in [2.45, 2.75) is 12.9 Å². The standard InChI is InChI=1S/3CHCl3.3CH4O/c3*2-1(3)4;3*1-2/h3*1H;3*2H,1H3. The van der Waals surface area contributed by atoms with Gasteiger partial charge >= 0.3 is 0 Å². The van der Waals surface area contributed by atoms with E-state index in [-0.39, 0.29) is 0 Å². The lowest BCUT2D eigenvalue weighted by atomic mass is 11.8. The van der Waals surface area contributed by atoms with Crippen LogP contribution in [-0.2, 0) is 0 Å². The molecule has 18 heavy (non-hydrogen) atoms. The van der Waals surface area contributed by atoms with Gasteiger partial charge in [-0.3, -0.25) is 0 Å². The summed E-state index contributed by atoms with van der Waals surface area (Å²) in [7, 11) is 3.00. The van der Waals surface area contributed by atoms with Crippen molar-refractivity contribution in [3.63, 3.8) is 0 Å². The zero-order valence-electron chi connectivity index (χ0n) is 9.48. The van der Waals surface area contributed by atoms with Crippen LogP contribution in [0.5, 0.6) is 0 Å². The third-order valence-electron chi connectivity index (χ3n) is 0. The van der Waals surface area contributed by atoms with Gasteiger partial charge in [0.2, 0.25) is 0 Å². The van der Waals surface area contributed by atoms with Gasteiger partial charge in [0.15, 0.2) is 12.9 Å². The topological polar surface area (TPSA) is 60.7 Å². The Balaban J connectivity index is -0.0000000249. The van der Waals surface area contributed by atoms with Crippen LogP contribution in [0.2, 0.25) is 0 Å². The predicted octanol–water partition coefficient (Wildman–Crippen LogP) is 4.78. The molecule has 0 aliphatic heterocycles. The summed E-state index contributed by atoms with van der Waals surface area (Å²) >= 11 is 43.3. The molecule has 12 heteroatoms. The Hall–Kier alpha value is 2.49. The maximum Gasteiger partial charge on any atom is 0.180 e. The van der Waals surface area contributed by atoms with E-state index < -0.39 is 12.9 Å². The van der Waals surface area contributed by atoms with Gasteiger partial charge in [-0.15, -0.1) is 0 Å². The minimum atomic E-state index is -0.750. The molecule has 0 aromatic heterocycles. The first-order valence-electron chi connectivity index (χ1n) is 3.31. The molecule has 0 aromatic rings. The van der Waals surface area contributed by atoms with E-state index in [0.29, 0.717) is 0 Å². The van der Waals surface area contributed by atoms with E-state index >= 15 is 0 Å². The molecule has 3 nitrogen and oxygen atoms in total. The molecule has 0 amide bonds. The van der Waals surface area contributed by atoms with Crippen LogP contribution in [-0.4, -0.2) is 49.5 Å². The second-order valence-electron chi connectivity index (χ2n) is 0.742. The van der Waals surface area contributed by atoms with E-state index in [0.717, 1.165) is 21.3 Å². The van der Waals surface area contributed by atoms with Crippen molar-refractivity contribution in [2.75, 3.05) is 21.3 Å². The van der Waals surface area contributed by atoms with Gasteiger partial charge in [0.05, 0.1) is 0 Å². The SMILES string of the molecule is CO.CO.CO.ClC(Cl)Cl.ClC(Cl)Cl.ClC(Cl)Cl. The molecule has 120 valence electrons. The maximum atomic E-state index is 7.00. The molecular weight excluding hydrogens is 439 g/mol. The van der Waals surface area contributed by atoms with Crippen LogP contribution >= 0.6 is 104 Å². The van der Waals surface area contributed by atoms with E-state index in [1.54, 1.807) is 0 Å². The lowest BCUT2D eigenvalue weighted by Gasteiger charge is -1.69. The number of alkyl halides is 9. The summed E-state index contributed by atoms with van der Waals surface area (Å²) in [5, 5.41) is 21.0. The summed E-state index contributed by atoms with van der Waals surface area (Å²) in [6, 6.07) is 0. The van der Waals surface area contributed by atoms with Crippen LogP contribution in [0.1, 0.15) is 0 Å². The highest BCUT2D eigenvalue weighted by molar-refractivity contribution is 6.63. The lowest BCUT2D eigenvalue weighted by molar-refractivity contribution is 0.399.